The molecule has 130 valence electrons. The molecule has 1 aliphatic rings. The molecule has 3 heteroatoms. The van der Waals surface area contributed by atoms with Gasteiger partial charge in [-0.1, -0.05) is 37.4 Å². The molecule has 2 nitrogen and oxygen atoms in total. The van der Waals surface area contributed by atoms with Gasteiger partial charge in [0.1, 0.15) is 0 Å². The molecule has 0 unspecified atom stereocenters. The van der Waals surface area contributed by atoms with E-state index in [9.17, 15) is 0 Å². The molecule has 0 aliphatic heterocycles. The van der Waals surface area contributed by atoms with Crippen molar-refractivity contribution in [2.75, 3.05) is 11.1 Å². The number of benzene rings is 3. The molecule has 3 aromatic rings. The van der Waals surface area contributed by atoms with Crippen LogP contribution in [0.4, 0.5) is 17.1 Å². The van der Waals surface area contributed by atoms with Crippen molar-refractivity contribution in [1.29, 1.82) is 0 Å². The van der Waals surface area contributed by atoms with E-state index in [4.69, 9.17) is 5.73 Å². The van der Waals surface area contributed by atoms with E-state index >= 15 is 0 Å². The number of hydrogen-bond donors (Lipinski definition) is 3. The number of hydrogen-bond acceptors (Lipinski definition) is 3. The molecule has 0 atom stereocenters. The van der Waals surface area contributed by atoms with Crippen molar-refractivity contribution in [1.82, 2.24) is 0 Å². The summed E-state index contributed by atoms with van der Waals surface area (Å²) in [5.74, 6) is 0. The third-order valence-electron chi connectivity index (χ3n) is 5.05. The second-order valence-corrected chi connectivity index (χ2v) is 7.35. The SMILES string of the molecule is C=c1c2c(c(=C)c3c(N)c(S)cc(Nc4cccc(C)c4)c13)=CCCC=2. The van der Waals surface area contributed by atoms with Crippen LogP contribution in [-0.2, 0) is 0 Å². The molecule has 0 saturated heterocycles. The van der Waals surface area contributed by atoms with E-state index < -0.39 is 0 Å². The predicted octanol–water partition coefficient (Wildman–Crippen LogP) is 2.94. The second kappa shape index (κ2) is 6.26. The molecule has 0 fully saturated rings. The quantitative estimate of drug-likeness (QED) is 0.487. The lowest BCUT2D eigenvalue weighted by Gasteiger charge is -2.16. The van der Waals surface area contributed by atoms with Crippen molar-refractivity contribution in [3.63, 3.8) is 0 Å². The van der Waals surface area contributed by atoms with Crippen LogP contribution in [0.25, 0.3) is 36.1 Å². The average Bonchev–Trinajstić information content (AvgIpc) is 2.62. The maximum absolute atomic E-state index is 6.41. The highest BCUT2D eigenvalue weighted by molar-refractivity contribution is 7.80. The molecular weight excluding hydrogens is 336 g/mol. The molecule has 3 aromatic carbocycles. The molecular formula is C23H22N2S. The lowest BCUT2D eigenvalue weighted by molar-refractivity contribution is 1.11. The van der Waals surface area contributed by atoms with Gasteiger partial charge in [0.25, 0.3) is 0 Å². The highest BCUT2D eigenvalue weighted by atomic mass is 32.1. The third kappa shape index (κ3) is 2.60. The molecule has 0 aromatic heterocycles. The van der Waals surface area contributed by atoms with Crippen LogP contribution < -0.4 is 31.9 Å². The monoisotopic (exact) mass is 358 g/mol. The largest absolute Gasteiger partial charge is 0.397 e. The summed E-state index contributed by atoms with van der Waals surface area (Å²) < 4.78 is 0. The fourth-order valence-electron chi connectivity index (χ4n) is 3.80. The van der Waals surface area contributed by atoms with Gasteiger partial charge in [-0.2, -0.15) is 0 Å². The zero-order valence-electron chi connectivity index (χ0n) is 14.9. The fourth-order valence-corrected chi connectivity index (χ4v) is 4.04. The summed E-state index contributed by atoms with van der Waals surface area (Å²) in [5.41, 5.74) is 10.3. The van der Waals surface area contributed by atoms with Crippen LogP contribution in [0, 0.1) is 6.92 Å². The number of anilines is 3. The Morgan fingerprint density at radius 2 is 1.65 bits per heavy atom. The van der Waals surface area contributed by atoms with E-state index in [1.165, 1.54) is 10.8 Å². The number of thiol groups is 1. The summed E-state index contributed by atoms with van der Waals surface area (Å²) in [6, 6.07) is 10.3. The van der Waals surface area contributed by atoms with E-state index in [1.54, 1.807) is 0 Å². The van der Waals surface area contributed by atoms with Crippen LogP contribution >= 0.6 is 12.6 Å². The minimum Gasteiger partial charge on any atom is -0.397 e. The Labute approximate surface area is 158 Å². The fraction of sp³-hybridized carbons (Fsp3) is 0.130. The smallest absolute Gasteiger partial charge is 0.0537 e. The molecule has 26 heavy (non-hydrogen) atoms. The molecule has 3 N–H and O–H groups in total. The number of nitrogens with one attached hydrogen (secondary N) is 1. The van der Waals surface area contributed by atoms with Gasteiger partial charge in [-0.15, -0.1) is 12.6 Å². The topological polar surface area (TPSA) is 38.0 Å². The molecule has 0 heterocycles. The first-order valence-electron chi connectivity index (χ1n) is 8.76. The van der Waals surface area contributed by atoms with Crippen molar-refractivity contribution in [3.8, 4) is 0 Å². The van der Waals surface area contributed by atoms with Gasteiger partial charge in [0.2, 0.25) is 0 Å². The number of aryl methyl sites for hydroxylation is 1. The van der Waals surface area contributed by atoms with E-state index in [0.717, 1.165) is 55.5 Å². The number of nitrogens with two attached hydrogens (primary N) is 1. The lowest BCUT2D eigenvalue weighted by Crippen LogP contribution is -2.49. The standard InChI is InChI=1S/C23H22N2S/c1-13-7-6-8-16(11-13)25-19-12-20(26)23(24)22-15(3)18-10-5-4-9-17(18)14(2)21(19)22/h6-12,25-26H,2-5,24H2,1H3. The van der Waals surface area contributed by atoms with Crippen LogP contribution in [-0.4, -0.2) is 0 Å². The Bertz CT molecular complexity index is 1270. The molecule has 1 aliphatic carbocycles. The van der Waals surface area contributed by atoms with Crippen LogP contribution in [0.5, 0.6) is 0 Å². The Morgan fingerprint density at radius 3 is 2.31 bits per heavy atom. The van der Waals surface area contributed by atoms with Gasteiger partial charge in [-0.25, -0.2) is 0 Å². The summed E-state index contributed by atoms with van der Waals surface area (Å²) in [6.07, 6.45) is 6.55. The Hall–Kier alpha value is -2.65. The minimum atomic E-state index is 0.662. The van der Waals surface area contributed by atoms with Gasteiger partial charge in [-0.05, 0) is 64.4 Å². The highest BCUT2D eigenvalue weighted by Crippen LogP contribution is 2.31. The predicted molar refractivity (Wildman–Crippen MR) is 118 cm³/mol. The lowest BCUT2D eigenvalue weighted by atomic mass is 9.96. The number of nitrogen functional groups attached to an aromatic ring is 1. The van der Waals surface area contributed by atoms with Crippen molar-refractivity contribution in [3.05, 3.63) is 56.8 Å². The zero-order chi connectivity index (χ0) is 18.4. The maximum Gasteiger partial charge on any atom is 0.0537 e. The van der Waals surface area contributed by atoms with Crippen LogP contribution in [0.3, 0.4) is 0 Å². The third-order valence-corrected chi connectivity index (χ3v) is 5.42. The summed E-state index contributed by atoms with van der Waals surface area (Å²) >= 11 is 4.61. The molecule has 0 saturated carbocycles. The van der Waals surface area contributed by atoms with Gasteiger partial charge in [0, 0.05) is 27.0 Å². The van der Waals surface area contributed by atoms with E-state index in [1.807, 2.05) is 12.1 Å². The zero-order valence-corrected chi connectivity index (χ0v) is 15.8. The Morgan fingerprint density at radius 1 is 1.00 bits per heavy atom. The van der Waals surface area contributed by atoms with Crippen LogP contribution in [0.15, 0.2) is 35.2 Å². The van der Waals surface area contributed by atoms with Crippen LogP contribution in [0.1, 0.15) is 18.4 Å². The van der Waals surface area contributed by atoms with Crippen molar-refractivity contribution in [2.24, 2.45) is 0 Å². The number of rotatable bonds is 2. The first-order valence-corrected chi connectivity index (χ1v) is 9.21. The van der Waals surface area contributed by atoms with Gasteiger partial charge in [0.05, 0.1) is 5.69 Å². The maximum atomic E-state index is 6.41. The van der Waals surface area contributed by atoms with Gasteiger partial charge >= 0.3 is 0 Å². The summed E-state index contributed by atoms with van der Waals surface area (Å²) in [6.45, 7) is 10.8. The highest BCUT2D eigenvalue weighted by Gasteiger charge is 2.13. The Kier molecular flexibility index (Phi) is 4.04. The van der Waals surface area contributed by atoms with E-state index in [-0.39, 0.29) is 0 Å². The normalized spacial score (nSPS) is 13.0. The minimum absolute atomic E-state index is 0.662. The van der Waals surface area contributed by atoms with Gasteiger partial charge < -0.3 is 11.1 Å². The first kappa shape index (κ1) is 16.8. The van der Waals surface area contributed by atoms with Crippen molar-refractivity contribution < 1.29 is 0 Å². The first-order chi connectivity index (χ1) is 12.5. The van der Waals surface area contributed by atoms with Gasteiger partial charge in [0.15, 0.2) is 0 Å². The van der Waals surface area contributed by atoms with E-state index in [0.29, 0.717) is 5.69 Å². The summed E-state index contributed by atoms with van der Waals surface area (Å²) in [4.78, 5) is 0.747. The average molecular weight is 359 g/mol. The van der Waals surface area contributed by atoms with Crippen molar-refractivity contribution in [2.45, 2.75) is 24.7 Å². The Balaban J connectivity index is 2.13. The number of fused-ring (bicyclic) bond motifs is 2. The molecule has 0 radical (unpaired) electrons. The molecule has 0 bridgehead atoms. The van der Waals surface area contributed by atoms with Crippen LogP contribution in [0.2, 0.25) is 0 Å². The molecule has 4 rings (SSSR count). The molecule has 0 amide bonds. The van der Waals surface area contributed by atoms with Crippen molar-refractivity contribution >= 4 is 65.8 Å². The summed E-state index contributed by atoms with van der Waals surface area (Å²) in [7, 11) is 0. The second-order valence-electron chi connectivity index (χ2n) is 6.87. The van der Waals surface area contributed by atoms with E-state index in [2.05, 4.69) is 68.4 Å². The summed E-state index contributed by atoms with van der Waals surface area (Å²) in [5, 5.41) is 9.79. The van der Waals surface area contributed by atoms with Gasteiger partial charge in [-0.3, -0.25) is 0 Å². The molecule has 0 spiro atoms.